The second-order valence-electron chi connectivity index (χ2n) is 6.95. The van der Waals surface area contributed by atoms with E-state index in [2.05, 4.69) is 14.9 Å². The number of carbonyl (C=O) groups excluding carboxylic acids is 1. The zero-order valence-corrected chi connectivity index (χ0v) is 14.7. The Bertz CT molecular complexity index is 924. The maximum absolute atomic E-state index is 13.3. The number of fused-ring (bicyclic) bond motifs is 1. The molecule has 0 aliphatic carbocycles. The fourth-order valence-electron chi connectivity index (χ4n) is 3.63. The first-order chi connectivity index (χ1) is 12.6. The highest BCUT2D eigenvalue weighted by Gasteiger charge is 2.31. The van der Waals surface area contributed by atoms with E-state index < -0.39 is 0 Å². The van der Waals surface area contributed by atoms with Crippen LogP contribution in [0, 0.1) is 11.7 Å². The maximum Gasteiger partial charge on any atom is 0.227 e. The molecule has 0 radical (unpaired) electrons. The van der Waals surface area contributed by atoms with E-state index in [4.69, 9.17) is 0 Å². The maximum atomic E-state index is 13.3. The Hall–Kier alpha value is -2.73. The predicted molar refractivity (Wildman–Crippen MR) is 99.3 cm³/mol. The SMILES string of the molecule is CN(Cc1nc2ccc(F)cc2[nH]1)C[C@@H]1CC(=O)N(c2ccccc2)C1. The fourth-order valence-corrected chi connectivity index (χ4v) is 3.63. The first kappa shape index (κ1) is 16.7. The lowest BCUT2D eigenvalue weighted by Gasteiger charge is -2.20. The number of benzene rings is 2. The Morgan fingerprint density at radius 2 is 2.08 bits per heavy atom. The summed E-state index contributed by atoms with van der Waals surface area (Å²) >= 11 is 0. The molecule has 2 heterocycles. The monoisotopic (exact) mass is 352 g/mol. The van der Waals surface area contributed by atoms with Gasteiger partial charge in [-0.15, -0.1) is 0 Å². The van der Waals surface area contributed by atoms with Crippen LogP contribution in [0.1, 0.15) is 12.2 Å². The molecule has 1 amide bonds. The molecule has 1 N–H and O–H groups in total. The third-order valence-corrected chi connectivity index (χ3v) is 4.76. The average molecular weight is 352 g/mol. The molecule has 1 saturated heterocycles. The first-order valence-electron chi connectivity index (χ1n) is 8.76. The molecular weight excluding hydrogens is 331 g/mol. The highest BCUT2D eigenvalue weighted by molar-refractivity contribution is 5.95. The minimum atomic E-state index is -0.272. The van der Waals surface area contributed by atoms with Crippen LogP contribution in [0.15, 0.2) is 48.5 Å². The number of nitrogens with one attached hydrogen (secondary N) is 1. The van der Waals surface area contributed by atoms with E-state index in [9.17, 15) is 9.18 Å². The van der Waals surface area contributed by atoms with Crippen LogP contribution in [0.5, 0.6) is 0 Å². The van der Waals surface area contributed by atoms with Crippen LogP contribution in [0.4, 0.5) is 10.1 Å². The second-order valence-corrected chi connectivity index (χ2v) is 6.95. The van der Waals surface area contributed by atoms with Gasteiger partial charge in [-0.25, -0.2) is 9.37 Å². The number of nitrogens with zero attached hydrogens (tertiary/aromatic N) is 3. The van der Waals surface area contributed by atoms with E-state index in [0.717, 1.165) is 30.1 Å². The van der Waals surface area contributed by atoms with E-state index in [-0.39, 0.29) is 17.6 Å². The summed E-state index contributed by atoms with van der Waals surface area (Å²) in [5.41, 5.74) is 2.43. The summed E-state index contributed by atoms with van der Waals surface area (Å²) in [7, 11) is 2.02. The summed E-state index contributed by atoms with van der Waals surface area (Å²) in [5.74, 6) is 0.993. The zero-order chi connectivity index (χ0) is 18.1. The summed E-state index contributed by atoms with van der Waals surface area (Å²) in [4.78, 5) is 24.0. The molecule has 3 aromatic rings. The third kappa shape index (κ3) is 3.46. The van der Waals surface area contributed by atoms with E-state index in [1.165, 1.54) is 12.1 Å². The van der Waals surface area contributed by atoms with E-state index in [1.54, 1.807) is 6.07 Å². The van der Waals surface area contributed by atoms with Crippen molar-refractivity contribution in [2.45, 2.75) is 13.0 Å². The van der Waals surface area contributed by atoms with E-state index in [1.807, 2.05) is 42.3 Å². The molecule has 134 valence electrons. The van der Waals surface area contributed by atoms with Gasteiger partial charge >= 0.3 is 0 Å². The van der Waals surface area contributed by atoms with Crippen molar-refractivity contribution in [2.24, 2.45) is 5.92 Å². The molecule has 2 aromatic carbocycles. The van der Waals surface area contributed by atoms with Gasteiger partial charge in [0, 0.05) is 25.2 Å². The second kappa shape index (κ2) is 6.88. The van der Waals surface area contributed by atoms with Gasteiger partial charge in [0.2, 0.25) is 5.91 Å². The molecule has 6 heteroatoms. The number of anilines is 1. The van der Waals surface area contributed by atoms with Gasteiger partial charge in [0.05, 0.1) is 17.6 Å². The Kier molecular flexibility index (Phi) is 4.42. The van der Waals surface area contributed by atoms with Gasteiger partial charge in [-0.05, 0) is 43.3 Å². The quantitative estimate of drug-likeness (QED) is 0.767. The fraction of sp³-hybridized carbons (Fsp3) is 0.300. The molecule has 0 bridgehead atoms. The standard InChI is InChI=1S/C20H21FN4O/c1-24(13-19-22-17-8-7-15(21)10-18(17)23-19)11-14-9-20(26)25(12-14)16-5-3-2-4-6-16/h2-8,10,14H,9,11-13H2,1H3,(H,22,23)/t14-/m0/s1. The Morgan fingerprint density at radius 1 is 1.27 bits per heavy atom. The third-order valence-electron chi connectivity index (χ3n) is 4.76. The molecule has 4 rings (SSSR count). The number of halogens is 1. The van der Waals surface area contributed by atoms with Crippen molar-refractivity contribution in [3.63, 3.8) is 0 Å². The number of carbonyl (C=O) groups is 1. The minimum Gasteiger partial charge on any atom is -0.341 e. The van der Waals surface area contributed by atoms with Gasteiger partial charge in [0.25, 0.3) is 0 Å². The number of rotatable bonds is 5. The molecule has 5 nitrogen and oxygen atoms in total. The number of hydrogen-bond donors (Lipinski definition) is 1. The lowest BCUT2D eigenvalue weighted by Crippen LogP contribution is -2.29. The molecule has 1 aliphatic rings. The number of hydrogen-bond acceptors (Lipinski definition) is 3. The molecule has 0 spiro atoms. The van der Waals surface area contributed by atoms with Crippen molar-refractivity contribution in [1.29, 1.82) is 0 Å². The number of aromatic nitrogens is 2. The number of H-pyrrole nitrogens is 1. The lowest BCUT2D eigenvalue weighted by molar-refractivity contribution is -0.117. The van der Waals surface area contributed by atoms with Gasteiger partial charge < -0.3 is 9.88 Å². The molecular formula is C20H21FN4O. The molecule has 1 aliphatic heterocycles. The summed E-state index contributed by atoms with van der Waals surface area (Å²) in [6, 6.07) is 14.3. The number of para-hydroxylation sites is 1. The van der Waals surface area contributed by atoms with Crippen LogP contribution in [-0.2, 0) is 11.3 Å². The van der Waals surface area contributed by atoms with Gasteiger partial charge in [0.15, 0.2) is 0 Å². The molecule has 1 atom stereocenters. The van der Waals surface area contributed by atoms with Crippen molar-refractivity contribution in [3.8, 4) is 0 Å². The number of imidazole rings is 1. The van der Waals surface area contributed by atoms with Crippen LogP contribution in [0.3, 0.4) is 0 Å². The number of amides is 1. The normalized spacial score (nSPS) is 17.6. The molecule has 26 heavy (non-hydrogen) atoms. The van der Waals surface area contributed by atoms with Crippen LogP contribution in [0.25, 0.3) is 11.0 Å². The Labute approximate surface area is 151 Å². The van der Waals surface area contributed by atoms with Crippen molar-refractivity contribution < 1.29 is 9.18 Å². The van der Waals surface area contributed by atoms with Crippen molar-refractivity contribution in [1.82, 2.24) is 14.9 Å². The highest BCUT2D eigenvalue weighted by atomic mass is 19.1. The minimum absolute atomic E-state index is 0.175. The average Bonchev–Trinajstić information content (AvgIpc) is 3.17. The molecule has 1 aromatic heterocycles. The van der Waals surface area contributed by atoms with Crippen LogP contribution in [0.2, 0.25) is 0 Å². The van der Waals surface area contributed by atoms with Crippen LogP contribution in [-0.4, -0.2) is 40.9 Å². The van der Waals surface area contributed by atoms with Crippen LogP contribution < -0.4 is 4.90 Å². The summed E-state index contributed by atoms with van der Waals surface area (Å²) in [5, 5.41) is 0. The topological polar surface area (TPSA) is 52.2 Å². The Balaban J connectivity index is 1.38. The van der Waals surface area contributed by atoms with E-state index >= 15 is 0 Å². The van der Waals surface area contributed by atoms with Gasteiger partial charge in [0.1, 0.15) is 11.6 Å². The van der Waals surface area contributed by atoms with Crippen molar-refractivity contribution >= 4 is 22.6 Å². The summed E-state index contributed by atoms with van der Waals surface area (Å²) < 4.78 is 13.3. The van der Waals surface area contributed by atoms with Crippen molar-refractivity contribution in [2.75, 3.05) is 25.0 Å². The lowest BCUT2D eigenvalue weighted by atomic mass is 10.1. The van der Waals surface area contributed by atoms with Gasteiger partial charge in [-0.1, -0.05) is 18.2 Å². The first-order valence-corrected chi connectivity index (χ1v) is 8.76. The van der Waals surface area contributed by atoms with Crippen LogP contribution >= 0.6 is 0 Å². The predicted octanol–water partition coefficient (Wildman–Crippen LogP) is 3.19. The van der Waals surface area contributed by atoms with Gasteiger partial charge in [-0.2, -0.15) is 0 Å². The highest BCUT2D eigenvalue weighted by Crippen LogP contribution is 2.25. The molecule has 0 saturated carbocycles. The van der Waals surface area contributed by atoms with Crippen molar-refractivity contribution in [3.05, 3.63) is 60.2 Å². The zero-order valence-electron chi connectivity index (χ0n) is 14.7. The molecule has 0 unspecified atom stereocenters. The smallest absolute Gasteiger partial charge is 0.227 e. The Morgan fingerprint density at radius 3 is 2.88 bits per heavy atom. The largest absolute Gasteiger partial charge is 0.341 e. The summed E-state index contributed by atoms with van der Waals surface area (Å²) in [6.07, 6.45) is 0.560. The van der Waals surface area contributed by atoms with Gasteiger partial charge in [-0.3, -0.25) is 9.69 Å². The number of aromatic amines is 1. The molecule has 1 fully saturated rings. The summed E-state index contributed by atoms with van der Waals surface area (Å²) in [6.45, 7) is 2.17. The van der Waals surface area contributed by atoms with E-state index in [0.29, 0.717) is 18.5 Å².